The topological polar surface area (TPSA) is 71.1 Å². The number of benzene rings is 2. The summed E-state index contributed by atoms with van der Waals surface area (Å²) in [4.78, 5) is 28.5. The number of nitrogens with one attached hydrogen (secondary N) is 2. The van der Waals surface area contributed by atoms with Crippen molar-refractivity contribution >= 4 is 51.5 Å². The Morgan fingerprint density at radius 1 is 1.07 bits per heavy atom. The summed E-state index contributed by atoms with van der Waals surface area (Å²) in [6, 6.07) is 14.2. The van der Waals surface area contributed by atoms with Gasteiger partial charge in [-0.2, -0.15) is 0 Å². The normalized spacial score (nSPS) is 10.5. The Morgan fingerprint density at radius 3 is 2.61 bits per heavy atom. The highest BCUT2D eigenvalue weighted by molar-refractivity contribution is 7.14. The van der Waals surface area contributed by atoms with Gasteiger partial charge in [0, 0.05) is 27.5 Å². The van der Waals surface area contributed by atoms with Gasteiger partial charge in [-0.05, 0) is 36.2 Å². The molecule has 0 atom stereocenters. The fourth-order valence-electron chi connectivity index (χ4n) is 2.49. The summed E-state index contributed by atoms with van der Waals surface area (Å²) >= 11 is 13.3. The minimum atomic E-state index is -0.231. The molecule has 0 aliphatic heterocycles. The van der Waals surface area contributed by atoms with Crippen LogP contribution in [0.5, 0.6) is 0 Å². The smallest absolute Gasteiger partial charge is 0.257 e. The van der Waals surface area contributed by atoms with Crippen LogP contribution in [0.3, 0.4) is 0 Å². The van der Waals surface area contributed by atoms with Crippen LogP contribution in [0.2, 0.25) is 10.0 Å². The van der Waals surface area contributed by atoms with E-state index < -0.39 is 0 Å². The van der Waals surface area contributed by atoms with Crippen molar-refractivity contribution in [2.24, 2.45) is 0 Å². The Kier molecular flexibility index (Phi) is 7.03. The first-order chi connectivity index (χ1) is 13.5. The number of nitrogens with zero attached hydrogens (tertiary/aromatic N) is 1. The van der Waals surface area contributed by atoms with Crippen LogP contribution >= 0.6 is 34.5 Å². The molecule has 5 nitrogen and oxygen atoms in total. The number of thiazole rings is 1. The second-order valence-electron chi connectivity index (χ2n) is 5.98. The Hall–Kier alpha value is -2.41. The number of amides is 2. The largest absolute Gasteiger partial charge is 0.355 e. The van der Waals surface area contributed by atoms with Gasteiger partial charge in [-0.3, -0.25) is 14.9 Å². The third-order valence-corrected chi connectivity index (χ3v) is 5.27. The van der Waals surface area contributed by atoms with E-state index in [2.05, 4.69) is 15.6 Å². The van der Waals surface area contributed by atoms with Gasteiger partial charge in [0.1, 0.15) is 0 Å². The molecule has 1 aromatic heterocycles. The minimum absolute atomic E-state index is 0.142. The van der Waals surface area contributed by atoms with E-state index in [1.165, 1.54) is 11.3 Å². The van der Waals surface area contributed by atoms with E-state index in [1.54, 1.807) is 41.8 Å². The van der Waals surface area contributed by atoms with Crippen molar-refractivity contribution in [3.05, 3.63) is 80.8 Å². The quantitative estimate of drug-likeness (QED) is 0.571. The standard InChI is InChI=1S/C20H17Cl2N3O2S/c21-15-7-6-13(17(22)10-15)8-9-23-18(26)11-16-12-28-20(24-16)25-19(27)14-4-2-1-3-5-14/h1-7,10,12H,8-9,11H2,(H,23,26)(H,24,25,27). The van der Waals surface area contributed by atoms with Crippen molar-refractivity contribution in [1.29, 1.82) is 0 Å². The number of anilines is 1. The van der Waals surface area contributed by atoms with Gasteiger partial charge in [-0.15, -0.1) is 11.3 Å². The number of carbonyl (C=O) groups excluding carboxylic acids is 2. The van der Waals surface area contributed by atoms with Crippen LogP contribution < -0.4 is 10.6 Å². The first-order valence-electron chi connectivity index (χ1n) is 8.52. The van der Waals surface area contributed by atoms with Crippen LogP contribution in [0.25, 0.3) is 0 Å². The summed E-state index contributed by atoms with van der Waals surface area (Å²) in [6.07, 6.45) is 0.753. The molecule has 2 aromatic carbocycles. The molecular weight excluding hydrogens is 417 g/mol. The molecule has 0 aliphatic rings. The summed E-state index contributed by atoms with van der Waals surface area (Å²) in [7, 11) is 0. The van der Waals surface area contributed by atoms with Crippen molar-refractivity contribution in [3.63, 3.8) is 0 Å². The lowest BCUT2D eigenvalue weighted by molar-refractivity contribution is -0.120. The van der Waals surface area contributed by atoms with Crippen molar-refractivity contribution in [1.82, 2.24) is 10.3 Å². The number of hydrogen-bond donors (Lipinski definition) is 2. The zero-order valence-corrected chi connectivity index (χ0v) is 17.1. The maximum atomic E-state index is 12.1. The van der Waals surface area contributed by atoms with Crippen molar-refractivity contribution in [3.8, 4) is 0 Å². The lowest BCUT2D eigenvalue weighted by Crippen LogP contribution is -2.27. The molecule has 28 heavy (non-hydrogen) atoms. The molecule has 0 fully saturated rings. The molecule has 0 spiro atoms. The average molecular weight is 434 g/mol. The fraction of sp³-hybridized carbons (Fsp3) is 0.150. The predicted octanol–water partition coefficient (Wildman–Crippen LogP) is 4.60. The summed E-state index contributed by atoms with van der Waals surface area (Å²) in [6.45, 7) is 0.460. The Bertz CT molecular complexity index is 977. The van der Waals surface area contributed by atoms with Crippen LogP contribution in [0.15, 0.2) is 53.9 Å². The number of carbonyl (C=O) groups is 2. The van der Waals surface area contributed by atoms with Crippen LogP contribution in [0, 0.1) is 0 Å². The monoisotopic (exact) mass is 433 g/mol. The predicted molar refractivity (Wildman–Crippen MR) is 113 cm³/mol. The van der Waals surface area contributed by atoms with E-state index in [9.17, 15) is 9.59 Å². The van der Waals surface area contributed by atoms with Gasteiger partial charge in [-0.25, -0.2) is 4.98 Å². The molecule has 0 saturated heterocycles. The third kappa shape index (κ3) is 5.79. The van der Waals surface area contributed by atoms with Crippen LogP contribution in [-0.4, -0.2) is 23.3 Å². The molecule has 0 unspecified atom stereocenters. The summed E-state index contributed by atoms with van der Waals surface area (Å²) < 4.78 is 0. The highest BCUT2D eigenvalue weighted by atomic mass is 35.5. The maximum Gasteiger partial charge on any atom is 0.257 e. The molecule has 0 saturated carbocycles. The zero-order valence-electron chi connectivity index (χ0n) is 14.7. The van der Waals surface area contributed by atoms with Gasteiger partial charge < -0.3 is 5.32 Å². The van der Waals surface area contributed by atoms with Gasteiger partial charge in [0.15, 0.2) is 5.13 Å². The fourth-order valence-corrected chi connectivity index (χ4v) is 3.70. The van der Waals surface area contributed by atoms with Gasteiger partial charge in [-0.1, -0.05) is 47.5 Å². The van der Waals surface area contributed by atoms with E-state index in [-0.39, 0.29) is 18.2 Å². The number of hydrogen-bond acceptors (Lipinski definition) is 4. The van der Waals surface area contributed by atoms with Crippen molar-refractivity contribution in [2.75, 3.05) is 11.9 Å². The summed E-state index contributed by atoms with van der Waals surface area (Å²) in [5.74, 6) is -0.373. The molecule has 3 rings (SSSR count). The number of halogens is 2. The highest BCUT2D eigenvalue weighted by Crippen LogP contribution is 2.21. The Morgan fingerprint density at radius 2 is 1.86 bits per heavy atom. The minimum Gasteiger partial charge on any atom is -0.355 e. The van der Waals surface area contributed by atoms with E-state index in [0.29, 0.717) is 39.4 Å². The first kappa shape index (κ1) is 20.3. The number of rotatable bonds is 7. The summed E-state index contributed by atoms with van der Waals surface area (Å²) in [5, 5.41) is 8.97. The lowest BCUT2D eigenvalue weighted by atomic mass is 10.1. The zero-order chi connectivity index (χ0) is 19.9. The lowest BCUT2D eigenvalue weighted by Gasteiger charge is -2.06. The molecule has 3 aromatic rings. The van der Waals surface area contributed by atoms with Gasteiger partial charge in [0.2, 0.25) is 5.91 Å². The average Bonchev–Trinajstić information content (AvgIpc) is 3.11. The molecule has 0 bridgehead atoms. The summed E-state index contributed by atoms with van der Waals surface area (Å²) in [5.41, 5.74) is 2.08. The van der Waals surface area contributed by atoms with E-state index in [1.807, 2.05) is 12.1 Å². The second-order valence-corrected chi connectivity index (χ2v) is 7.68. The maximum absolute atomic E-state index is 12.1. The van der Waals surface area contributed by atoms with Crippen LogP contribution in [-0.2, 0) is 17.6 Å². The van der Waals surface area contributed by atoms with Crippen LogP contribution in [0.1, 0.15) is 21.6 Å². The Labute approximate surface area is 176 Å². The van der Waals surface area contributed by atoms with Gasteiger partial charge in [0.25, 0.3) is 5.91 Å². The van der Waals surface area contributed by atoms with Gasteiger partial charge >= 0.3 is 0 Å². The van der Waals surface area contributed by atoms with E-state index in [0.717, 1.165) is 5.56 Å². The molecule has 8 heteroatoms. The SMILES string of the molecule is O=C(Cc1csc(NC(=O)c2ccccc2)n1)NCCc1ccc(Cl)cc1Cl. The van der Waals surface area contributed by atoms with Crippen LogP contribution in [0.4, 0.5) is 5.13 Å². The molecular formula is C20H17Cl2N3O2S. The van der Waals surface area contributed by atoms with E-state index in [4.69, 9.17) is 23.2 Å². The van der Waals surface area contributed by atoms with Gasteiger partial charge in [0.05, 0.1) is 12.1 Å². The highest BCUT2D eigenvalue weighted by Gasteiger charge is 2.11. The molecule has 144 valence electrons. The first-order valence-corrected chi connectivity index (χ1v) is 10.2. The Balaban J connectivity index is 1.46. The number of aromatic nitrogens is 1. The van der Waals surface area contributed by atoms with E-state index >= 15 is 0 Å². The second kappa shape index (κ2) is 9.68. The third-order valence-electron chi connectivity index (χ3n) is 3.88. The molecule has 0 radical (unpaired) electrons. The molecule has 2 amide bonds. The molecule has 2 N–H and O–H groups in total. The molecule has 1 heterocycles. The van der Waals surface area contributed by atoms with Crippen molar-refractivity contribution in [2.45, 2.75) is 12.8 Å². The molecule has 0 aliphatic carbocycles. The van der Waals surface area contributed by atoms with Crippen molar-refractivity contribution < 1.29 is 9.59 Å².